The van der Waals surface area contributed by atoms with E-state index in [1.165, 1.54) is 0 Å². The van der Waals surface area contributed by atoms with E-state index in [2.05, 4.69) is 4.90 Å². The van der Waals surface area contributed by atoms with Crippen LogP contribution in [0.1, 0.15) is 30.4 Å². The number of aliphatic hydroxyl groups is 1. The van der Waals surface area contributed by atoms with Crippen LogP contribution in [0.15, 0.2) is 18.2 Å². The van der Waals surface area contributed by atoms with Gasteiger partial charge in [0.05, 0.1) is 0 Å². The third-order valence-electron chi connectivity index (χ3n) is 4.39. The number of piperidine rings is 1. The molecule has 1 amide bonds. The fourth-order valence-electron chi connectivity index (χ4n) is 3.33. The molecule has 5 nitrogen and oxygen atoms in total. The van der Waals surface area contributed by atoms with Crippen molar-refractivity contribution in [3.8, 4) is 5.75 Å². The smallest absolute Gasteiger partial charge is 0.217 e. The standard InChI is InChI=1S/C18H28N2O3/c1-13-5-3-6-14(2)18(13)23-12-16(21)11-20-8-4-7-15(10-20)9-17(19)22/h3,5-6,15-16,21H,4,7-12H2,1-2H3,(H2,19,22). The third-order valence-corrected chi connectivity index (χ3v) is 4.39. The average Bonchev–Trinajstić information content (AvgIpc) is 2.46. The average molecular weight is 320 g/mol. The van der Waals surface area contributed by atoms with Crippen molar-refractivity contribution in [1.82, 2.24) is 4.90 Å². The van der Waals surface area contributed by atoms with Gasteiger partial charge in [-0.05, 0) is 50.3 Å². The number of β-amino-alcohol motifs (C(OH)–C–C–N with tert-alkyl or cyclic N) is 1. The van der Waals surface area contributed by atoms with Crippen molar-refractivity contribution < 1.29 is 14.6 Å². The molecule has 1 fully saturated rings. The SMILES string of the molecule is Cc1cccc(C)c1OCC(O)CN1CCCC(CC(N)=O)C1. The summed E-state index contributed by atoms with van der Waals surface area (Å²) < 4.78 is 5.81. The first-order valence-electron chi connectivity index (χ1n) is 8.33. The summed E-state index contributed by atoms with van der Waals surface area (Å²) in [6.07, 6.45) is 1.98. The van der Waals surface area contributed by atoms with E-state index in [-0.39, 0.29) is 12.5 Å². The summed E-state index contributed by atoms with van der Waals surface area (Å²) in [5.74, 6) is 0.931. The van der Waals surface area contributed by atoms with Crippen molar-refractivity contribution >= 4 is 5.91 Å². The van der Waals surface area contributed by atoms with Gasteiger partial charge in [-0.3, -0.25) is 4.79 Å². The van der Waals surface area contributed by atoms with Gasteiger partial charge in [-0.1, -0.05) is 18.2 Å². The highest BCUT2D eigenvalue weighted by atomic mass is 16.5. The number of para-hydroxylation sites is 1. The number of carbonyl (C=O) groups excluding carboxylic acids is 1. The number of nitrogens with zero attached hydrogens (tertiary/aromatic N) is 1. The molecule has 1 aliphatic heterocycles. The van der Waals surface area contributed by atoms with Crippen LogP contribution in [0.25, 0.3) is 0 Å². The summed E-state index contributed by atoms with van der Waals surface area (Å²) in [6.45, 7) is 6.64. The van der Waals surface area contributed by atoms with Gasteiger partial charge in [0.2, 0.25) is 5.91 Å². The van der Waals surface area contributed by atoms with Gasteiger partial charge < -0.3 is 20.5 Å². The minimum Gasteiger partial charge on any atom is -0.490 e. The van der Waals surface area contributed by atoms with E-state index in [4.69, 9.17) is 10.5 Å². The van der Waals surface area contributed by atoms with Gasteiger partial charge in [-0.25, -0.2) is 0 Å². The first-order chi connectivity index (χ1) is 11.0. The second-order valence-electron chi connectivity index (χ2n) is 6.62. The number of likely N-dealkylation sites (tertiary alicyclic amines) is 1. The summed E-state index contributed by atoms with van der Waals surface area (Å²) in [7, 11) is 0. The highest BCUT2D eigenvalue weighted by Gasteiger charge is 2.23. The van der Waals surface area contributed by atoms with Gasteiger partial charge in [-0.15, -0.1) is 0 Å². The molecular weight excluding hydrogens is 292 g/mol. The molecule has 0 aromatic heterocycles. The summed E-state index contributed by atoms with van der Waals surface area (Å²) in [4.78, 5) is 13.3. The second-order valence-corrected chi connectivity index (χ2v) is 6.62. The zero-order valence-electron chi connectivity index (χ0n) is 14.1. The number of aryl methyl sites for hydroxylation is 2. The van der Waals surface area contributed by atoms with Crippen LogP contribution < -0.4 is 10.5 Å². The van der Waals surface area contributed by atoms with Gasteiger partial charge in [0.1, 0.15) is 18.5 Å². The molecule has 1 heterocycles. The van der Waals surface area contributed by atoms with Gasteiger partial charge in [0.25, 0.3) is 0 Å². The summed E-state index contributed by atoms with van der Waals surface area (Å²) in [5, 5.41) is 10.3. The summed E-state index contributed by atoms with van der Waals surface area (Å²) >= 11 is 0. The predicted octanol–water partition coefficient (Wildman–Crippen LogP) is 1.63. The molecule has 0 bridgehead atoms. The summed E-state index contributed by atoms with van der Waals surface area (Å²) in [6, 6.07) is 6.02. The van der Waals surface area contributed by atoms with Crippen LogP contribution in [0.2, 0.25) is 0 Å². The minimum absolute atomic E-state index is 0.240. The van der Waals surface area contributed by atoms with Crippen molar-refractivity contribution in [2.24, 2.45) is 11.7 Å². The molecule has 1 aliphatic rings. The lowest BCUT2D eigenvalue weighted by molar-refractivity contribution is -0.119. The number of hydrogen-bond acceptors (Lipinski definition) is 4. The van der Waals surface area contributed by atoms with Crippen LogP contribution >= 0.6 is 0 Å². The number of ether oxygens (including phenoxy) is 1. The summed E-state index contributed by atoms with van der Waals surface area (Å²) in [5.41, 5.74) is 7.44. The quantitative estimate of drug-likeness (QED) is 0.801. The Hall–Kier alpha value is -1.59. The first kappa shape index (κ1) is 17.8. The lowest BCUT2D eigenvalue weighted by Gasteiger charge is -2.33. The number of amides is 1. The molecule has 1 saturated heterocycles. The molecule has 0 spiro atoms. The number of aliphatic hydroxyl groups excluding tert-OH is 1. The molecule has 23 heavy (non-hydrogen) atoms. The molecule has 1 aromatic rings. The van der Waals surface area contributed by atoms with Crippen LogP contribution in [-0.2, 0) is 4.79 Å². The molecule has 5 heteroatoms. The van der Waals surface area contributed by atoms with E-state index in [0.717, 1.165) is 42.8 Å². The molecular formula is C18H28N2O3. The molecule has 3 N–H and O–H groups in total. The Balaban J connectivity index is 1.80. The number of carbonyl (C=O) groups is 1. The highest BCUT2D eigenvalue weighted by molar-refractivity contribution is 5.74. The Morgan fingerprint density at radius 1 is 1.43 bits per heavy atom. The Morgan fingerprint density at radius 3 is 2.78 bits per heavy atom. The monoisotopic (exact) mass is 320 g/mol. The largest absolute Gasteiger partial charge is 0.490 e. The number of primary amides is 1. The third kappa shape index (κ3) is 5.52. The second kappa shape index (κ2) is 8.31. The van der Waals surface area contributed by atoms with Gasteiger partial charge >= 0.3 is 0 Å². The molecule has 0 aliphatic carbocycles. The Labute approximate surface area is 138 Å². The number of benzene rings is 1. The molecule has 128 valence electrons. The van der Waals surface area contributed by atoms with Crippen molar-refractivity contribution in [2.75, 3.05) is 26.2 Å². The molecule has 1 aromatic carbocycles. The van der Waals surface area contributed by atoms with Crippen LogP contribution in [0, 0.1) is 19.8 Å². The van der Waals surface area contributed by atoms with Crippen molar-refractivity contribution in [3.05, 3.63) is 29.3 Å². The molecule has 2 rings (SSSR count). The maximum Gasteiger partial charge on any atom is 0.217 e. The van der Waals surface area contributed by atoms with Gasteiger partial charge in [-0.2, -0.15) is 0 Å². The topological polar surface area (TPSA) is 75.8 Å². The Bertz CT molecular complexity index is 513. The Kier molecular flexibility index (Phi) is 6.42. The van der Waals surface area contributed by atoms with Crippen LogP contribution in [0.3, 0.4) is 0 Å². The fourth-order valence-corrected chi connectivity index (χ4v) is 3.33. The van der Waals surface area contributed by atoms with E-state index in [9.17, 15) is 9.90 Å². The molecule has 2 unspecified atom stereocenters. The Morgan fingerprint density at radius 2 is 2.13 bits per heavy atom. The van der Waals surface area contributed by atoms with E-state index in [0.29, 0.717) is 18.9 Å². The minimum atomic E-state index is -0.540. The van der Waals surface area contributed by atoms with Crippen LogP contribution in [0.5, 0.6) is 5.75 Å². The molecule has 0 radical (unpaired) electrons. The maximum atomic E-state index is 11.1. The molecule has 2 atom stereocenters. The van der Waals surface area contributed by atoms with E-state index < -0.39 is 6.10 Å². The van der Waals surface area contributed by atoms with E-state index in [1.807, 2.05) is 32.0 Å². The zero-order chi connectivity index (χ0) is 16.8. The van der Waals surface area contributed by atoms with E-state index in [1.54, 1.807) is 0 Å². The highest BCUT2D eigenvalue weighted by Crippen LogP contribution is 2.23. The number of nitrogens with two attached hydrogens (primary N) is 1. The normalized spacial score (nSPS) is 20.2. The maximum absolute atomic E-state index is 11.1. The first-order valence-corrected chi connectivity index (χ1v) is 8.33. The van der Waals surface area contributed by atoms with Gasteiger partial charge in [0.15, 0.2) is 0 Å². The molecule has 0 saturated carbocycles. The van der Waals surface area contributed by atoms with Crippen LogP contribution in [-0.4, -0.2) is 48.3 Å². The number of hydrogen-bond donors (Lipinski definition) is 2. The lowest BCUT2D eigenvalue weighted by Crippen LogP contribution is -2.42. The van der Waals surface area contributed by atoms with Gasteiger partial charge in [0, 0.05) is 19.5 Å². The predicted molar refractivity (Wildman–Crippen MR) is 90.4 cm³/mol. The van der Waals surface area contributed by atoms with E-state index >= 15 is 0 Å². The number of rotatable bonds is 7. The van der Waals surface area contributed by atoms with Crippen LogP contribution in [0.4, 0.5) is 0 Å². The fraction of sp³-hybridized carbons (Fsp3) is 0.611. The van der Waals surface area contributed by atoms with Crippen molar-refractivity contribution in [3.63, 3.8) is 0 Å². The van der Waals surface area contributed by atoms with Crippen molar-refractivity contribution in [1.29, 1.82) is 0 Å². The zero-order valence-corrected chi connectivity index (χ0v) is 14.1. The van der Waals surface area contributed by atoms with Crippen molar-refractivity contribution in [2.45, 2.75) is 39.2 Å². The lowest BCUT2D eigenvalue weighted by atomic mass is 9.94.